The summed E-state index contributed by atoms with van der Waals surface area (Å²) in [5.41, 5.74) is 1.12. The van der Waals surface area contributed by atoms with Crippen molar-refractivity contribution in [2.45, 2.75) is 19.7 Å². The van der Waals surface area contributed by atoms with Crippen LogP contribution in [0.1, 0.15) is 13.8 Å². The van der Waals surface area contributed by atoms with E-state index in [0.717, 1.165) is 5.72 Å². The highest BCUT2D eigenvalue weighted by Crippen LogP contribution is 2.02. The van der Waals surface area contributed by atoms with E-state index in [1.165, 1.54) is 0 Å². The van der Waals surface area contributed by atoms with Crippen molar-refractivity contribution in [3.05, 3.63) is 12.4 Å². The summed E-state index contributed by atoms with van der Waals surface area (Å²) in [4.78, 5) is 11.5. The van der Waals surface area contributed by atoms with Gasteiger partial charge >= 0.3 is 5.97 Å². The smallest absolute Gasteiger partial charge is 0.301 e. The van der Waals surface area contributed by atoms with Gasteiger partial charge in [0.25, 0.3) is 7.28 Å². The van der Waals surface area contributed by atoms with Crippen LogP contribution < -0.4 is 10.3 Å². The van der Waals surface area contributed by atoms with Gasteiger partial charge in [0, 0.05) is 5.82 Å². The van der Waals surface area contributed by atoms with Crippen LogP contribution in [0.2, 0.25) is 5.82 Å². The lowest BCUT2D eigenvalue weighted by Crippen LogP contribution is -2.51. The first kappa shape index (κ1) is 11.8. The summed E-state index contributed by atoms with van der Waals surface area (Å²) in [6.45, 7) is 4.17. The molecule has 0 saturated heterocycles. The van der Waals surface area contributed by atoms with Gasteiger partial charge in [0.2, 0.25) is 0 Å². The molecule has 1 aromatic heterocycles. The fraction of sp³-hybridized carbons (Fsp3) is 0.600. The number of hydrogen-bond acceptors (Lipinski definition) is 2. The van der Waals surface area contributed by atoms with Crippen LogP contribution in [0.25, 0.3) is 0 Å². The molecule has 0 radical (unpaired) electrons. The average Bonchev–Trinajstić information content (AvgIpc) is 2.49. The van der Waals surface area contributed by atoms with Crippen LogP contribution >= 0.6 is 0 Å². The molecule has 0 fully saturated rings. The summed E-state index contributed by atoms with van der Waals surface area (Å²) in [6, 6.07) is 0. The maximum atomic E-state index is 11.5. The molecular weight excluding hydrogens is 191 g/mol. The summed E-state index contributed by atoms with van der Waals surface area (Å²) >= 11 is 0. The molecule has 1 aromatic rings. The molecule has 1 rings (SSSR count). The molecule has 0 N–H and O–H groups in total. The monoisotopic (exact) mass is 209 g/mol. The van der Waals surface area contributed by atoms with Crippen molar-refractivity contribution < 1.29 is 14.1 Å². The molecule has 4 nitrogen and oxygen atoms in total. The van der Waals surface area contributed by atoms with E-state index >= 15 is 0 Å². The highest BCUT2D eigenvalue weighted by Gasteiger charge is 2.23. The minimum absolute atomic E-state index is 0.0928. The van der Waals surface area contributed by atoms with E-state index in [1.807, 2.05) is 49.5 Å². The second-order valence-electron chi connectivity index (χ2n) is 3.79. The minimum Gasteiger partial charge on any atom is -0.466 e. The van der Waals surface area contributed by atoms with Gasteiger partial charge < -0.3 is 4.74 Å². The molecular formula is C10H18BN2O2+. The lowest BCUT2D eigenvalue weighted by atomic mass is 9.64. The van der Waals surface area contributed by atoms with Crippen LogP contribution in [0.5, 0.6) is 0 Å². The van der Waals surface area contributed by atoms with Crippen molar-refractivity contribution in [3.8, 4) is 0 Å². The number of aryl methyl sites for hydroxylation is 2. The Morgan fingerprint density at radius 1 is 1.73 bits per heavy atom. The zero-order chi connectivity index (χ0) is 11.4. The number of imidazole rings is 1. The predicted molar refractivity (Wildman–Crippen MR) is 59.4 cm³/mol. The van der Waals surface area contributed by atoms with Crippen LogP contribution in [0, 0.1) is 0 Å². The Hall–Kier alpha value is -1.26. The van der Waals surface area contributed by atoms with Gasteiger partial charge in [-0.3, -0.25) is 4.79 Å². The first-order valence-electron chi connectivity index (χ1n) is 5.22. The van der Waals surface area contributed by atoms with E-state index in [9.17, 15) is 4.79 Å². The third-order valence-corrected chi connectivity index (χ3v) is 2.51. The summed E-state index contributed by atoms with van der Waals surface area (Å²) in [5, 5.41) is 0. The molecule has 1 heterocycles. The fourth-order valence-electron chi connectivity index (χ4n) is 1.55. The van der Waals surface area contributed by atoms with Crippen molar-refractivity contribution in [1.82, 2.24) is 4.57 Å². The fourth-order valence-corrected chi connectivity index (χ4v) is 1.55. The van der Waals surface area contributed by atoms with E-state index in [2.05, 4.69) is 0 Å². The van der Waals surface area contributed by atoms with Crippen LogP contribution in [-0.4, -0.2) is 24.4 Å². The number of carbonyl (C=O) groups excluding carboxylic acids is 1. The molecule has 1 atom stereocenters. The molecule has 0 aliphatic heterocycles. The lowest BCUT2D eigenvalue weighted by molar-refractivity contribution is -0.653. The van der Waals surface area contributed by atoms with Crippen molar-refractivity contribution in [1.29, 1.82) is 0 Å². The normalized spacial score (nSPS) is 12.3. The molecule has 15 heavy (non-hydrogen) atoms. The zero-order valence-electron chi connectivity index (χ0n) is 9.86. The molecule has 0 aliphatic rings. The molecule has 1 unspecified atom stereocenters. The standard InChI is InChI=1S/C10H18BN2O2/c1-5-15-9(14)8(2)11-10-12(3)6-7-13(10)4/h6-8,11H,5H2,1-4H3/q+1. The largest absolute Gasteiger partial charge is 0.466 e. The summed E-state index contributed by atoms with van der Waals surface area (Å²) in [6.07, 6.45) is 3.96. The van der Waals surface area contributed by atoms with Gasteiger partial charge in [-0.2, -0.15) is 0 Å². The van der Waals surface area contributed by atoms with Gasteiger partial charge in [-0.1, -0.05) is 6.92 Å². The highest BCUT2D eigenvalue weighted by atomic mass is 16.5. The van der Waals surface area contributed by atoms with Gasteiger partial charge in [-0.05, 0) is 6.92 Å². The van der Waals surface area contributed by atoms with Crippen molar-refractivity contribution in [2.75, 3.05) is 6.61 Å². The van der Waals surface area contributed by atoms with Gasteiger partial charge in [-0.25, -0.2) is 9.13 Å². The van der Waals surface area contributed by atoms with Crippen LogP contribution in [0.15, 0.2) is 12.4 Å². The molecule has 0 saturated carbocycles. The molecule has 0 aliphatic carbocycles. The van der Waals surface area contributed by atoms with Crippen molar-refractivity contribution in [2.24, 2.45) is 14.1 Å². The molecule has 0 spiro atoms. The number of esters is 1. The summed E-state index contributed by atoms with van der Waals surface area (Å²) < 4.78 is 9.02. The van der Waals surface area contributed by atoms with Gasteiger partial charge in [-0.15, -0.1) is 0 Å². The predicted octanol–water partition coefficient (Wildman–Crippen LogP) is -0.717. The topological polar surface area (TPSA) is 35.1 Å². The highest BCUT2D eigenvalue weighted by molar-refractivity contribution is 6.56. The van der Waals surface area contributed by atoms with Gasteiger partial charge in [0.05, 0.1) is 20.7 Å². The third kappa shape index (κ3) is 2.84. The van der Waals surface area contributed by atoms with E-state index in [4.69, 9.17) is 4.74 Å². The first-order chi connectivity index (χ1) is 7.06. The molecule has 0 amide bonds. The van der Waals surface area contributed by atoms with E-state index < -0.39 is 0 Å². The van der Waals surface area contributed by atoms with E-state index in [1.54, 1.807) is 0 Å². The minimum atomic E-state index is -0.126. The number of aromatic nitrogens is 2. The Kier molecular flexibility index (Phi) is 3.94. The maximum Gasteiger partial charge on any atom is 0.301 e. The van der Waals surface area contributed by atoms with E-state index in [0.29, 0.717) is 13.9 Å². The average molecular weight is 209 g/mol. The molecule has 82 valence electrons. The molecule has 0 aromatic carbocycles. The van der Waals surface area contributed by atoms with Gasteiger partial charge in [0.1, 0.15) is 12.4 Å². The second kappa shape index (κ2) is 5.00. The number of carbonyl (C=O) groups is 1. The van der Waals surface area contributed by atoms with Crippen LogP contribution in [0.3, 0.4) is 0 Å². The molecule has 0 bridgehead atoms. The SMILES string of the molecule is CCOC(=O)C(C)Bc1n(C)cc[n+]1C. The van der Waals surface area contributed by atoms with Crippen LogP contribution in [-0.2, 0) is 23.6 Å². The quantitative estimate of drug-likeness (QED) is 0.372. The Labute approximate surface area is 91.1 Å². The van der Waals surface area contributed by atoms with Crippen LogP contribution in [0.4, 0.5) is 0 Å². The Morgan fingerprint density at radius 3 is 2.87 bits per heavy atom. The Morgan fingerprint density at radius 2 is 2.40 bits per heavy atom. The molecule has 5 heteroatoms. The number of ether oxygens (including phenoxy) is 1. The zero-order valence-corrected chi connectivity index (χ0v) is 9.86. The number of rotatable bonds is 4. The first-order valence-corrected chi connectivity index (χ1v) is 5.22. The lowest BCUT2D eigenvalue weighted by Gasteiger charge is -2.07. The third-order valence-electron chi connectivity index (χ3n) is 2.51. The Bertz CT molecular complexity index is 330. The van der Waals surface area contributed by atoms with E-state index in [-0.39, 0.29) is 11.8 Å². The van der Waals surface area contributed by atoms with Crippen molar-refractivity contribution >= 4 is 19.0 Å². The summed E-state index contributed by atoms with van der Waals surface area (Å²) in [7, 11) is 4.67. The Balaban J connectivity index is 2.66. The second-order valence-corrected chi connectivity index (χ2v) is 3.79. The summed E-state index contributed by atoms with van der Waals surface area (Å²) in [5.74, 6) is -0.219. The number of hydrogen-bond donors (Lipinski definition) is 0. The maximum absolute atomic E-state index is 11.5. The number of nitrogens with zero attached hydrogens (tertiary/aromatic N) is 2. The van der Waals surface area contributed by atoms with Gasteiger partial charge in [0.15, 0.2) is 5.72 Å². The van der Waals surface area contributed by atoms with Crippen molar-refractivity contribution in [3.63, 3.8) is 0 Å².